The van der Waals surface area contributed by atoms with E-state index >= 15 is 0 Å². The average molecular weight is 358 g/mol. The molecule has 1 heterocycles. The molecule has 0 aliphatic rings. The van der Waals surface area contributed by atoms with E-state index in [0.29, 0.717) is 16.5 Å². The number of halogens is 1. The molecule has 1 aromatic heterocycles. The van der Waals surface area contributed by atoms with Crippen LogP contribution in [0.4, 0.5) is 5.69 Å². The maximum absolute atomic E-state index is 12.0. The zero-order chi connectivity index (χ0) is 15.7. The van der Waals surface area contributed by atoms with E-state index in [0.717, 1.165) is 10.0 Å². The molecule has 0 aliphatic carbocycles. The van der Waals surface area contributed by atoms with E-state index in [1.807, 2.05) is 25.1 Å². The number of amides is 1. The molecule has 0 saturated carbocycles. The highest BCUT2D eigenvalue weighted by atomic mass is 79.9. The van der Waals surface area contributed by atoms with Crippen molar-refractivity contribution in [1.29, 1.82) is 0 Å². The van der Waals surface area contributed by atoms with Gasteiger partial charge in [0.05, 0.1) is 5.52 Å². The van der Waals surface area contributed by atoms with Gasteiger partial charge in [-0.05, 0) is 52.7 Å². The summed E-state index contributed by atoms with van der Waals surface area (Å²) in [5.74, 6) is -0.577. The summed E-state index contributed by atoms with van der Waals surface area (Å²) < 4.78 is 0.814. The molecule has 22 heavy (non-hydrogen) atoms. The summed E-state index contributed by atoms with van der Waals surface area (Å²) in [6.45, 7) is 1.93. The van der Waals surface area contributed by atoms with Gasteiger partial charge in [0.25, 0.3) is 5.91 Å². The van der Waals surface area contributed by atoms with Gasteiger partial charge in [0, 0.05) is 15.4 Å². The maximum atomic E-state index is 12.0. The Morgan fingerprint density at radius 1 is 1.23 bits per heavy atom. The first-order valence-corrected chi connectivity index (χ1v) is 7.37. The predicted molar refractivity (Wildman–Crippen MR) is 87.7 cm³/mol. The van der Waals surface area contributed by atoms with Crippen LogP contribution in [0.25, 0.3) is 10.9 Å². The van der Waals surface area contributed by atoms with Gasteiger partial charge in [-0.15, -0.1) is 10.2 Å². The highest BCUT2D eigenvalue weighted by molar-refractivity contribution is 9.10. The number of aromatic amines is 1. The highest BCUT2D eigenvalue weighted by Gasteiger charge is 2.14. The Hall–Kier alpha value is -2.47. The van der Waals surface area contributed by atoms with Crippen molar-refractivity contribution >= 4 is 38.4 Å². The van der Waals surface area contributed by atoms with Crippen LogP contribution in [-0.4, -0.2) is 16.0 Å². The summed E-state index contributed by atoms with van der Waals surface area (Å²) in [5, 5.41) is 18.3. The monoisotopic (exact) mass is 357 g/mol. The van der Waals surface area contributed by atoms with Gasteiger partial charge in [0.2, 0.25) is 5.88 Å². The molecule has 3 rings (SSSR count). The van der Waals surface area contributed by atoms with Crippen LogP contribution >= 0.6 is 15.9 Å². The molecule has 0 saturated heterocycles. The third-order valence-corrected chi connectivity index (χ3v) is 3.84. The summed E-state index contributed by atoms with van der Waals surface area (Å²) in [4.78, 5) is 14.8. The van der Waals surface area contributed by atoms with Crippen molar-refractivity contribution in [2.45, 2.75) is 6.92 Å². The lowest BCUT2D eigenvalue weighted by Crippen LogP contribution is -1.91. The minimum Gasteiger partial charge on any atom is -0.493 e. The van der Waals surface area contributed by atoms with E-state index in [4.69, 9.17) is 0 Å². The summed E-state index contributed by atoms with van der Waals surface area (Å²) in [5.41, 5.74) is 2.42. The summed E-state index contributed by atoms with van der Waals surface area (Å²) in [6, 6.07) is 12.5. The Morgan fingerprint density at radius 2 is 1.95 bits per heavy atom. The van der Waals surface area contributed by atoms with Gasteiger partial charge in [-0.25, -0.2) is 0 Å². The Bertz CT molecular complexity index is 885. The normalized spacial score (nSPS) is 11.4. The van der Waals surface area contributed by atoms with Gasteiger partial charge >= 0.3 is 0 Å². The molecular weight excluding hydrogens is 346 g/mol. The van der Waals surface area contributed by atoms with Crippen LogP contribution in [0.3, 0.4) is 0 Å². The third-order valence-electron chi connectivity index (χ3n) is 3.22. The third kappa shape index (κ3) is 2.65. The van der Waals surface area contributed by atoms with E-state index in [-0.39, 0.29) is 11.6 Å². The standard InChI is InChI=1S/C16H12BrN3O2/c1-9-7-11-13(12(17)8-9)18-16(22)14(11)19-20-15(21)10-5-3-2-4-6-10/h2-8,18,22H,1H3. The molecule has 3 aromatic rings. The molecule has 1 amide bonds. The van der Waals surface area contributed by atoms with Crippen LogP contribution in [0.15, 0.2) is 57.2 Å². The summed E-state index contributed by atoms with van der Waals surface area (Å²) >= 11 is 3.43. The number of hydrogen-bond acceptors (Lipinski definition) is 3. The molecule has 0 atom stereocenters. The van der Waals surface area contributed by atoms with Crippen molar-refractivity contribution < 1.29 is 9.90 Å². The van der Waals surface area contributed by atoms with Gasteiger partial charge < -0.3 is 10.1 Å². The number of nitrogens with zero attached hydrogens (tertiary/aromatic N) is 2. The van der Waals surface area contributed by atoms with E-state index in [9.17, 15) is 9.90 Å². The minimum atomic E-state index is -0.457. The second-order valence-corrected chi connectivity index (χ2v) is 5.72. The van der Waals surface area contributed by atoms with Crippen LogP contribution in [0.5, 0.6) is 5.88 Å². The van der Waals surface area contributed by atoms with Crippen LogP contribution < -0.4 is 0 Å². The Morgan fingerprint density at radius 3 is 2.68 bits per heavy atom. The summed E-state index contributed by atoms with van der Waals surface area (Å²) in [7, 11) is 0. The molecular formula is C16H12BrN3O2. The topological polar surface area (TPSA) is 77.8 Å². The second kappa shape index (κ2) is 5.73. The number of nitrogens with one attached hydrogen (secondary N) is 1. The van der Waals surface area contributed by atoms with Crippen LogP contribution in [0, 0.1) is 6.92 Å². The number of hydrogen-bond donors (Lipinski definition) is 2. The molecule has 6 heteroatoms. The smallest absolute Gasteiger partial charge is 0.295 e. The maximum Gasteiger partial charge on any atom is 0.295 e. The van der Waals surface area contributed by atoms with Crippen molar-refractivity contribution in [2.75, 3.05) is 0 Å². The molecule has 110 valence electrons. The lowest BCUT2D eigenvalue weighted by atomic mass is 10.1. The van der Waals surface area contributed by atoms with Gasteiger partial charge in [-0.1, -0.05) is 18.2 Å². The van der Waals surface area contributed by atoms with Crippen molar-refractivity contribution in [1.82, 2.24) is 4.98 Å². The fourth-order valence-electron chi connectivity index (χ4n) is 2.20. The zero-order valence-corrected chi connectivity index (χ0v) is 13.3. The first-order chi connectivity index (χ1) is 10.6. The number of azo groups is 1. The number of H-pyrrole nitrogens is 1. The Kier molecular flexibility index (Phi) is 3.77. The number of fused-ring (bicyclic) bond motifs is 1. The molecule has 2 N–H and O–H groups in total. The fraction of sp³-hybridized carbons (Fsp3) is 0.0625. The number of benzene rings is 2. The first-order valence-electron chi connectivity index (χ1n) is 6.58. The molecule has 5 nitrogen and oxygen atoms in total. The fourth-order valence-corrected chi connectivity index (χ4v) is 2.87. The van der Waals surface area contributed by atoms with Gasteiger partial charge in [-0.2, -0.15) is 0 Å². The minimum absolute atomic E-state index is 0.120. The summed E-state index contributed by atoms with van der Waals surface area (Å²) in [6.07, 6.45) is 0. The van der Waals surface area contributed by atoms with E-state index in [1.54, 1.807) is 24.3 Å². The van der Waals surface area contributed by atoms with Gasteiger partial charge in [-0.3, -0.25) is 4.79 Å². The molecule has 0 bridgehead atoms. The molecule has 0 unspecified atom stereocenters. The van der Waals surface area contributed by atoms with Crippen molar-refractivity contribution in [2.24, 2.45) is 10.2 Å². The predicted octanol–water partition coefficient (Wildman–Crippen LogP) is 4.87. The largest absolute Gasteiger partial charge is 0.493 e. The van der Waals surface area contributed by atoms with Crippen LogP contribution in [0.2, 0.25) is 0 Å². The number of aromatic nitrogens is 1. The average Bonchev–Trinajstić information content (AvgIpc) is 2.82. The molecule has 0 spiro atoms. The number of carbonyl (C=O) groups excluding carboxylic acids is 1. The van der Waals surface area contributed by atoms with Crippen molar-refractivity contribution in [3.05, 3.63) is 58.1 Å². The number of carbonyl (C=O) groups is 1. The van der Waals surface area contributed by atoms with Crippen molar-refractivity contribution in [3.8, 4) is 5.88 Å². The first kappa shape index (κ1) is 14.5. The lowest BCUT2D eigenvalue weighted by Gasteiger charge is -1.97. The second-order valence-electron chi connectivity index (χ2n) is 4.86. The van der Waals surface area contributed by atoms with E-state index < -0.39 is 5.91 Å². The molecule has 0 radical (unpaired) electrons. The number of aryl methyl sites for hydroxylation is 1. The molecule has 0 fully saturated rings. The zero-order valence-electron chi connectivity index (χ0n) is 11.7. The van der Waals surface area contributed by atoms with E-state index in [2.05, 4.69) is 31.1 Å². The highest BCUT2D eigenvalue weighted by Crippen LogP contribution is 2.39. The molecule has 0 aliphatic heterocycles. The van der Waals surface area contributed by atoms with Gasteiger partial charge in [0.15, 0.2) is 5.69 Å². The Labute approximate surface area is 134 Å². The quantitative estimate of drug-likeness (QED) is 0.641. The van der Waals surface area contributed by atoms with Gasteiger partial charge in [0.1, 0.15) is 0 Å². The number of aromatic hydroxyl groups is 1. The number of rotatable bonds is 2. The van der Waals surface area contributed by atoms with Crippen LogP contribution in [0.1, 0.15) is 15.9 Å². The molecule has 2 aromatic carbocycles. The Balaban J connectivity index is 2.02. The lowest BCUT2D eigenvalue weighted by molar-refractivity contribution is 0.0995. The van der Waals surface area contributed by atoms with E-state index in [1.165, 1.54) is 0 Å². The van der Waals surface area contributed by atoms with Crippen molar-refractivity contribution in [3.63, 3.8) is 0 Å². The SMILES string of the molecule is Cc1cc(Br)c2[nH]c(O)c(N=NC(=O)c3ccccc3)c2c1. The van der Waals surface area contributed by atoms with Crippen LogP contribution in [-0.2, 0) is 0 Å².